The standard InChI is InChI=1S/C13H14N6O3/c14-9-12(13(15)18-5-7-22-8-6-18)17-16-10-1-3-11(4-2-10)19(20)21/h1-4H,5-8H2,(H2,15,16)/p+1. The minimum absolute atomic E-state index is 0.0190. The highest BCUT2D eigenvalue weighted by Gasteiger charge is 2.18. The monoisotopic (exact) mass is 303 g/mol. The topological polar surface area (TPSA) is 130 Å². The van der Waals surface area contributed by atoms with Gasteiger partial charge in [0.05, 0.1) is 23.8 Å². The summed E-state index contributed by atoms with van der Waals surface area (Å²) in [5, 5.41) is 23.7. The van der Waals surface area contributed by atoms with Crippen molar-refractivity contribution >= 4 is 22.9 Å². The molecular weight excluding hydrogens is 288 g/mol. The second-order valence-corrected chi connectivity index (χ2v) is 4.47. The van der Waals surface area contributed by atoms with Crippen LogP contribution in [-0.4, -0.2) is 47.3 Å². The Labute approximate surface area is 126 Å². The van der Waals surface area contributed by atoms with Gasteiger partial charge in [0.25, 0.3) is 5.69 Å². The van der Waals surface area contributed by atoms with Crippen LogP contribution in [0.2, 0.25) is 0 Å². The molecule has 3 N–H and O–H groups in total. The maximum Gasteiger partial charge on any atom is 0.307 e. The minimum Gasteiger partial charge on any atom is -0.373 e. The molecule has 1 heterocycles. The molecule has 0 radical (unpaired) electrons. The number of rotatable bonds is 4. The minimum atomic E-state index is -0.488. The second-order valence-electron chi connectivity index (χ2n) is 4.47. The van der Waals surface area contributed by atoms with Crippen molar-refractivity contribution in [2.75, 3.05) is 31.7 Å². The van der Waals surface area contributed by atoms with E-state index in [1.54, 1.807) is 0 Å². The van der Waals surface area contributed by atoms with Crippen molar-refractivity contribution in [3.63, 3.8) is 0 Å². The number of nitro groups is 1. The van der Waals surface area contributed by atoms with E-state index in [1.165, 1.54) is 24.3 Å². The van der Waals surface area contributed by atoms with Crippen molar-refractivity contribution in [3.8, 4) is 6.07 Å². The van der Waals surface area contributed by atoms with E-state index in [1.807, 2.05) is 10.6 Å². The molecule has 0 bridgehead atoms. The normalized spacial score (nSPS) is 15.0. The molecule has 0 amide bonds. The molecule has 9 nitrogen and oxygen atoms in total. The molecule has 1 aliphatic heterocycles. The largest absolute Gasteiger partial charge is 0.373 e. The first-order chi connectivity index (χ1) is 10.6. The highest BCUT2D eigenvalue weighted by molar-refractivity contribution is 6.45. The fraction of sp³-hybridized carbons (Fsp3) is 0.308. The zero-order valence-electron chi connectivity index (χ0n) is 11.7. The number of hydrogen-bond donors (Lipinski definition) is 2. The summed E-state index contributed by atoms with van der Waals surface area (Å²) in [6, 6.07) is 7.63. The van der Waals surface area contributed by atoms with E-state index in [-0.39, 0.29) is 17.2 Å². The summed E-state index contributed by atoms with van der Waals surface area (Å²) >= 11 is 0. The molecule has 0 saturated carbocycles. The number of hydrazone groups is 1. The van der Waals surface area contributed by atoms with E-state index in [2.05, 4.69) is 10.5 Å². The number of nitriles is 1. The molecule has 114 valence electrons. The third-order valence-electron chi connectivity index (χ3n) is 3.08. The molecule has 1 saturated heterocycles. The Bertz CT molecular complexity index is 651. The summed E-state index contributed by atoms with van der Waals surface area (Å²) in [6.45, 7) is 2.30. The van der Waals surface area contributed by atoms with E-state index >= 15 is 0 Å². The van der Waals surface area contributed by atoms with Crippen LogP contribution >= 0.6 is 0 Å². The van der Waals surface area contributed by atoms with Gasteiger partial charge in [0.1, 0.15) is 19.2 Å². The summed E-state index contributed by atoms with van der Waals surface area (Å²) in [4.78, 5) is 10.1. The van der Waals surface area contributed by atoms with Gasteiger partial charge in [-0.15, -0.1) is 0 Å². The molecule has 1 aromatic carbocycles. The molecule has 0 aromatic heterocycles. The molecular formula is C13H15N6O3+. The SMILES string of the molecule is N#C/C(=N/Nc1ccc([N+](=O)[O-])cc1)C(N)=[N+]1CCOCC1. The van der Waals surface area contributed by atoms with Crippen molar-refractivity contribution < 1.29 is 14.2 Å². The predicted molar refractivity (Wildman–Crippen MR) is 79.8 cm³/mol. The first-order valence-corrected chi connectivity index (χ1v) is 6.55. The third-order valence-corrected chi connectivity index (χ3v) is 3.08. The summed E-state index contributed by atoms with van der Waals surface area (Å²) in [5.74, 6) is 0.278. The molecule has 0 aliphatic carbocycles. The highest BCUT2D eigenvalue weighted by atomic mass is 16.6. The molecule has 2 rings (SSSR count). The zero-order chi connectivity index (χ0) is 15.9. The Kier molecular flexibility index (Phi) is 5.00. The summed E-state index contributed by atoms with van der Waals surface area (Å²) < 4.78 is 7.04. The van der Waals surface area contributed by atoms with Gasteiger partial charge in [-0.3, -0.25) is 25.8 Å². The molecule has 0 spiro atoms. The predicted octanol–water partition coefficient (Wildman–Crippen LogP) is 0.286. The Morgan fingerprint density at radius 1 is 1.41 bits per heavy atom. The summed E-state index contributed by atoms with van der Waals surface area (Å²) in [5.41, 5.74) is 9.16. The van der Waals surface area contributed by atoms with Crippen LogP contribution in [0, 0.1) is 21.4 Å². The fourth-order valence-electron chi connectivity index (χ4n) is 1.87. The summed E-state index contributed by atoms with van der Waals surface area (Å²) in [6.07, 6.45) is 0. The number of nitro benzene ring substituents is 1. The quantitative estimate of drug-likeness (QED) is 0.270. The zero-order valence-corrected chi connectivity index (χ0v) is 11.7. The summed E-state index contributed by atoms with van der Waals surface area (Å²) in [7, 11) is 0. The van der Waals surface area contributed by atoms with Crippen LogP contribution in [0.3, 0.4) is 0 Å². The van der Waals surface area contributed by atoms with Crippen LogP contribution < -0.4 is 11.2 Å². The Morgan fingerprint density at radius 2 is 2.05 bits per heavy atom. The van der Waals surface area contributed by atoms with Crippen molar-refractivity contribution in [3.05, 3.63) is 34.4 Å². The Balaban J connectivity index is 2.12. The Hall–Kier alpha value is -2.99. The van der Waals surface area contributed by atoms with Crippen molar-refractivity contribution in [2.45, 2.75) is 0 Å². The molecule has 0 unspecified atom stereocenters. The number of nitrogens with zero attached hydrogens (tertiary/aromatic N) is 4. The number of ether oxygens (including phenoxy) is 1. The maximum atomic E-state index is 10.6. The number of amidine groups is 1. The molecule has 9 heteroatoms. The van der Waals surface area contributed by atoms with Gasteiger partial charge in [-0.2, -0.15) is 10.4 Å². The number of anilines is 1. The average Bonchev–Trinajstić information content (AvgIpc) is 2.56. The van der Waals surface area contributed by atoms with E-state index < -0.39 is 4.92 Å². The molecule has 1 fully saturated rings. The number of morpholine rings is 1. The average molecular weight is 303 g/mol. The number of non-ortho nitro benzene ring substituents is 1. The second kappa shape index (κ2) is 7.14. The van der Waals surface area contributed by atoms with Gasteiger partial charge in [0.2, 0.25) is 5.71 Å². The number of hydrogen-bond acceptors (Lipinski definition) is 6. The number of benzene rings is 1. The molecule has 1 aliphatic rings. The van der Waals surface area contributed by atoms with E-state index in [9.17, 15) is 10.1 Å². The van der Waals surface area contributed by atoms with Crippen LogP contribution in [0.4, 0.5) is 11.4 Å². The van der Waals surface area contributed by atoms with Gasteiger partial charge in [0.15, 0.2) is 0 Å². The van der Waals surface area contributed by atoms with Crippen molar-refractivity contribution in [2.24, 2.45) is 10.8 Å². The van der Waals surface area contributed by atoms with Gasteiger partial charge in [-0.05, 0) is 12.1 Å². The van der Waals surface area contributed by atoms with Gasteiger partial charge in [-0.1, -0.05) is 0 Å². The first kappa shape index (κ1) is 15.4. The van der Waals surface area contributed by atoms with Crippen molar-refractivity contribution in [1.82, 2.24) is 0 Å². The maximum absolute atomic E-state index is 10.6. The lowest BCUT2D eigenvalue weighted by Gasteiger charge is -2.14. The number of nitrogens with two attached hydrogens (primary N) is 1. The number of nitrogens with one attached hydrogen (secondary N) is 1. The van der Waals surface area contributed by atoms with E-state index in [4.69, 9.17) is 15.7 Å². The third kappa shape index (κ3) is 3.77. The fourth-order valence-corrected chi connectivity index (χ4v) is 1.87. The van der Waals surface area contributed by atoms with Gasteiger partial charge in [-0.25, -0.2) is 0 Å². The van der Waals surface area contributed by atoms with Crippen molar-refractivity contribution in [1.29, 1.82) is 5.26 Å². The first-order valence-electron chi connectivity index (χ1n) is 6.55. The Morgan fingerprint density at radius 3 is 2.59 bits per heavy atom. The van der Waals surface area contributed by atoms with Crippen LogP contribution in [-0.2, 0) is 4.74 Å². The molecule has 0 atom stereocenters. The van der Waals surface area contributed by atoms with Crippen LogP contribution in [0.1, 0.15) is 0 Å². The highest BCUT2D eigenvalue weighted by Crippen LogP contribution is 2.15. The lowest BCUT2D eigenvalue weighted by molar-refractivity contribution is -0.548. The lowest BCUT2D eigenvalue weighted by atomic mass is 10.3. The van der Waals surface area contributed by atoms with E-state index in [0.29, 0.717) is 32.0 Å². The smallest absolute Gasteiger partial charge is 0.307 e. The van der Waals surface area contributed by atoms with Crippen LogP contribution in [0.15, 0.2) is 29.4 Å². The van der Waals surface area contributed by atoms with Gasteiger partial charge in [0, 0.05) is 12.1 Å². The van der Waals surface area contributed by atoms with E-state index in [0.717, 1.165) is 0 Å². The molecule has 22 heavy (non-hydrogen) atoms. The van der Waals surface area contributed by atoms with Gasteiger partial charge >= 0.3 is 5.84 Å². The lowest BCUT2D eigenvalue weighted by Crippen LogP contribution is -2.41. The van der Waals surface area contributed by atoms with Crippen LogP contribution in [0.5, 0.6) is 0 Å². The molecule has 1 aromatic rings. The van der Waals surface area contributed by atoms with Crippen LogP contribution in [0.25, 0.3) is 0 Å². The van der Waals surface area contributed by atoms with Gasteiger partial charge < -0.3 is 4.74 Å².